The van der Waals surface area contributed by atoms with Gasteiger partial charge in [-0.25, -0.2) is 4.98 Å². The molecule has 0 fully saturated rings. The molecule has 9 nitrogen and oxygen atoms in total. The topological polar surface area (TPSA) is 141 Å². The fraction of sp³-hybridized carbons (Fsp3) is 0. The van der Waals surface area contributed by atoms with E-state index < -0.39 is 4.92 Å². The lowest BCUT2D eigenvalue weighted by atomic mass is 10.1. The third kappa shape index (κ3) is 3.38. The number of allylic oxidation sites excluding steroid dienone is 1. The van der Waals surface area contributed by atoms with Crippen LogP contribution in [0.3, 0.4) is 0 Å². The van der Waals surface area contributed by atoms with E-state index in [4.69, 9.17) is 0 Å². The average molecular weight is 384 g/mol. The van der Waals surface area contributed by atoms with Crippen molar-refractivity contribution in [2.45, 2.75) is 0 Å². The molecule has 0 aliphatic heterocycles. The van der Waals surface area contributed by atoms with E-state index in [9.17, 15) is 20.2 Å². The Morgan fingerprint density at radius 3 is 2.83 bits per heavy atom. The number of nitro groups is 1. The molecule has 0 unspecified atom stereocenters. The SMILES string of the molecule is N#CC(=Cc1cn[nH]c1-c1cccc([N+](=O)[O-])c1)c1nc2ccccc2c(=O)[nH]1. The Morgan fingerprint density at radius 1 is 1.21 bits per heavy atom. The summed E-state index contributed by atoms with van der Waals surface area (Å²) >= 11 is 0. The summed E-state index contributed by atoms with van der Waals surface area (Å²) in [5, 5.41) is 27.9. The second-order valence-electron chi connectivity index (χ2n) is 6.11. The molecule has 2 aromatic heterocycles. The number of hydrogen-bond donors (Lipinski definition) is 2. The van der Waals surface area contributed by atoms with Gasteiger partial charge in [0.2, 0.25) is 0 Å². The molecule has 0 radical (unpaired) electrons. The number of fused-ring (bicyclic) bond motifs is 1. The number of hydrogen-bond acceptors (Lipinski definition) is 6. The van der Waals surface area contributed by atoms with Crippen molar-refractivity contribution in [1.82, 2.24) is 20.2 Å². The zero-order valence-corrected chi connectivity index (χ0v) is 14.8. The van der Waals surface area contributed by atoms with E-state index in [2.05, 4.69) is 20.2 Å². The Morgan fingerprint density at radius 2 is 2.03 bits per heavy atom. The van der Waals surface area contributed by atoms with Crippen molar-refractivity contribution in [3.05, 3.63) is 86.6 Å². The molecule has 9 heteroatoms. The van der Waals surface area contributed by atoms with Gasteiger partial charge in [0.15, 0.2) is 5.82 Å². The van der Waals surface area contributed by atoms with Gasteiger partial charge in [-0.05, 0) is 18.2 Å². The number of nitrogens with one attached hydrogen (secondary N) is 2. The zero-order chi connectivity index (χ0) is 20.4. The summed E-state index contributed by atoms with van der Waals surface area (Å²) in [4.78, 5) is 29.8. The number of nitro benzene ring substituents is 1. The van der Waals surface area contributed by atoms with Crippen molar-refractivity contribution < 1.29 is 4.92 Å². The molecule has 0 saturated carbocycles. The average Bonchev–Trinajstić information content (AvgIpc) is 3.20. The molecule has 0 spiro atoms. The smallest absolute Gasteiger partial charge is 0.270 e. The number of H-pyrrole nitrogens is 2. The van der Waals surface area contributed by atoms with Crippen LogP contribution in [0.4, 0.5) is 5.69 Å². The molecule has 0 bridgehead atoms. The van der Waals surface area contributed by atoms with Gasteiger partial charge in [0.1, 0.15) is 6.07 Å². The highest BCUT2D eigenvalue weighted by atomic mass is 16.6. The molecular formula is C20H12N6O3. The first-order chi connectivity index (χ1) is 14.1. The van der Waals surface area contributed by atoms with E-state index in [0.717, 1.165) is 0 Å². The molecule has 0 amide bonds. The maximum absolute atomic E-state index is 12.3. The molecule has 29 heavy (non-hydrogen) atoms. The minimum absolute atomic E-state index is 0.0620. The van der Waals surface area contributed by atoms with Gasteiger partial charge in [0.25, 0.3) is 11.2 Å². The van der Waals surface area contributed by atoms with Crippen molar-refractivity contribution >= 4 is 28.2 Å². The maximum Gasteiger partial charge on any atom is 0.270 e. The van der Waals surface area contributed by atoms with Gasteiger partial charge in [-0.2, -0.15) is 10.4 Å². The predicted octanol–water partition coefficient (Wildman–Crippen LogP) is 3.29. The van der Waals surface area contributed by atoms with E-state index in [0.29, 0.717) is 27.7 Å². The van der Waals surface area contributed by atoms with Crippen molar-refractivity contribution in [1.29, 1.82) is 5.26 Å². The van der Waals surface area contributed by atoms with Crippen LogP contribution in [0.1, 0.15) is 11.4 Å². The Balaban J connectivity index is 1.82. The molecule has 4 rings (SSSR count). The molecular weight excluding hydrogens is 372 g/mol. The molecule has 0 atom stereocenters. The van der Waals surface area contributed by atoms with Gasteiger partial charge in [-0.3, -0.25) is 20.0 Å². The van der Waals surface area contributed by atoms with E-state index in [1.54, 1.807) is 36.4 Å². The van der Waals surface area contributed by atoms with Crippen molar-refractivity contribution in [3.63, 3.8) is 0 Å². The lowest BCUT2D eigenvalue weighted by Crippen LogP contribution is -2.11. The summed E-state index contributed by atoms with van der Waals surface area (Å²) in [5.41, 5.74) is 1.76. The van der Waals surface area contributed by atoms with Gasteiger partial charge in [-0.15, -0.1) is 0 Å². The van der Waals surface area contributed by atoms with Gasteiger partial charge < -0.3 is 4.98 Å². The van der Waals surface area contributed by atoms with Gasteiger partial charge >= 0.3 is 0 Å². The second kappa shape index (κ2) is 7.21. The van der Waals surface area contributed by atoms with E-state index in [-0.39, 0.29) is 22.6 Å². The summed E-state index contributed by atoms with van der Waals surface area (Å²) in [6.45, 7) is 0. The van der Waals surface area contributed by atoms with Gasteiger partial charge in [0.05, 0.1) is 33.3 Å². The normalized spacial score (nSPS) is 11.3. The number of benzene rings is 2. The van der Waals surface area contributed by atoms with Crippen LogP contribution in [0, 0.1) is 21.4 Å². The predicted molar refractivity (Wildman–Crippen MR) is 107 cm³/mol. The van der Waals surface area contributed by atoms with Crippen LogP contribution in [0.2, 0.25) is 0 Å². The molecule has 140 valence electrons. The first-order valence-corrected chi connectivity index (χ1v) is 8.46. The monoisotopic (exact) mass is 384 g/mol. The first kappa shape index (κ1) is 17.8. The van der Waals surface area contributed by atoms with E-state index >= 15 is 0 Å². The Kier molecular flexibility index (Phi) is 4.43. The summed E-state index contributed by atoms with van der Waals surface area (Å²) in [6, 6.07) is 14.9. The van der Waals surface area contributed by atoms with Crippen LogP contribution in [-0.4, -0.2) is 25.1 Å². The summed E-state index contributed by atoms with van der Waals surface area (Å²) in [5.74, 6) is 0.127. The molecule has 0 aliphatic rings. The van der Waals surface area contributed by atoms with Crippen LogP contribution in [-0.2, 0) is 0 Å². The van der Waals surface area contributed by atoms with E-state index in [1.807, 2.05) is 6.07 Å². The standard InChI is InChI=1S/C20H12N6O3/c21-10-13(19-23-17-7-2-1-6-16(17)20(27)24-19)8-14-11-22-25-18(14)12-4-3-5-15(9-12)26(28)29/h1-9,11H,(H,22,25)(H,23,24,27). The minimum Gasteiger partial charge on any atom is -0.305 e. The lowest BCUT2D eigenvalue weighted by Gasteiger charge is -2.03. The summed E-state index contributed by atoms with van der Waals surface area (Å²) in [6.07, 6.45) is 3.01. The number of para-hydroxylation sites is 1. The Bertz CT molecular complexity index is 1380. The van der Waals surface area contributed by atoms with Crippen LogP contribution >= 0.6 is 0 Å². The third-order valence-electron chi connectivity index (χ3n) is 4.30. The Hall–Kier alpha value is -4.58. The number of nitrogens with zero attached hydrogens (tertiary/aromatic N) is 4. The molecule has 2 N–H and O–H groups in total. The van der Waals surface area contributed by atoms with Gasteiger partial charge in [0, 0.05) is 23.3 Å². The molecule has 2 aromatic carbocycles. The van der Waals surface area contributed by atoms with Crippen LogP contribution in [0.15, 0.2) is 59.5 Å². The van der Waals surface area contributed by atoms with Crippen molar-refractivity contribution in [2.24, 2.45) is 0 Å². The minimum atomic E-state index is -0.486. The number of rotatable bonds is 4. The number of non-ortho nitro benzene ring substituents is 1. The Labute approximate surface area is 163 Å². The maximum atomic E-state index is 12.3. The van der Waals surface area contributed by atoms with Crippen LogP contribution in [0.5, 0.6) is 0 Å². The first-order valence-electron chi connectivity index (χ1n) is 8.46. The van der Waals surface area contributed by atoms with Crippen molar-refractivity contribution in [3.8, 4) is 17.3 Å². The highest BCUT2D eigenvalue weighted by Crippen LogP contribution is 2.27. The van der Waals surface area contributed by atoms with Gasteiger partial charge in [-0.1, -0.05) is 24.3 Å². The number of aromatic nitrogens is 4. The molecule has 2 heterocycles. The molecule has 0 saturated heterocycles. The number of aromatic amines is 2. The fourth-order valence-electron chi connectivity index (χ4n) is 2.93. The van der Waals surface area contributed by atoms with E-state index in [1.165, 1.54) is 24.4 Å². The zero-order valence-electron chi connectivity index (χ0n) is 14.8. The fourth-order valence-corrected chi connectivity index (χ4v) is 2.93. The quantitative estimate of drug-likeness (QED) is 0.314. The lowest BCUT2D eigenvalue weighted by molar-refractivity contribution is -0.384. The summed E-state index contributed by atoms with van der Waals surface area (Å²) < 4.78 is 0. The third-order valence-corrected chi connectivity index (χ3v) is 4.30. The van der Waals surface area contributed by atoms with Crippen molar-refractivity contribution in [2.75, 3.05) is 0 Å². The molecule has 0 aliphatic carbocycles. The molecule has 4 aromatic rings. The summed E-state index contributed by atoms with van der Waals surface area (Å²) in [7, 11) is 0. The van der Waals surface area contributed by atoms with Crippen LogP contribution in [0.25, 0.3) is 33.8 Å². The van der Waals surface area contributed by atoms with Crippen LogP contribution < -0.4 is 5.56 Å². The number of nitriles is 1. The highest BCUT2D eigenvalue weighted by molar-refractivity contribution is 5.91. The second-order valence-corrected chi connectivity index (χ2v) is 6.11. The highest BCUT2D eigenvalue weighted by Gasteiger charge is 2.13. The largest absolute Gasteiger partial charge is 0.305 e.